The maximum absolute atomic E-state index is 10.1. The molecule has 0 aliphatic carbocycles. The molecule has 154 valence electrons. The van der Waals surface area contributed by atoms with Crippen LogP contribution >= 0.6 is 0 Å². The van der Waals surface area contributed by atoms with Crippen molar-refractivity contribution in [2.24, 2.45) is 0 Å². The van der Waals surface area contributed by atoms with Gasteiger partial charge >= 0.3 is 11.9 Å². The van der Waals surface area contributed by atoms with E-state index in [1.54, 1.807) is 0 Å². The molecule has 0 saturated heterocycles. The Morgan fingerprint density at radius 1 is 0.556 bits per heavy atom. The number of aliphatic hydroxyl groups excluding tert-OH is 8. The summed E-state index contributed by atoms with van der Waals surface area (Å²) in [5.74, 6) is -3.52. The molecule has 0 aliphatic rings. The molecule has 8 atom stereocenters. The molecule has 15 heteroatoms. The fraction of sp³-hybridized carbons (Fsp3) is 0.667. The summed E-state index contributed by atoms with van der Waals surface area (Å²) in [6.07, 6.45) is -16.8. The monoisotopic (exact) mass is 452 g/mol. The zero-order valence-electron chi connectivity index (χ0n) is 13.6. The minimum Gasteiger partial charge on any atom is -0.479 e. The Labute approximate surface area is 163 Å². The van der Waals surface area contributed by atoms with Gasteiger partial charge in [0.2, 0.25) is 0 Å². The Morgan fingerprint density at radius 2 is 0.778 bits per heavy atom. The van der Waals surface area contributed by atoms with Crippen LogP contribution in [0.25, 0.3) is 0 Å². The Bertz CT molecular complexity index is 431. The van der Waals surface area contributed by atoms with Crippen molar-refractivity contribution in [3.8, 4) is 0 Å². The summed E-state index contributed by atoms with van der Waals surface area (Å²) in [6, 6.07) is 0. The SMILES string of the molecule is O=C[C@H](O)[C@H](O)[C@H](O)[C@H](O)C(=O)O.O=C[C@H](O)[C@H](O)[C@H](O)[C@H](O)C(=O)O.[Zn]. The zero-order chi connectivity index (χ0) is 21.2. The van der Waals surface area contributed by atoms with E-state index in [9.17, 15) is 19.2 Å². The second kappa shape index (κ2) is 14.6. The van der Waals surface area contributed by atoms with E-state index in [1.165, 1.54) is 0 Å². The first kappa shape index (κ1) is 30.3. The number of carbonyl (C=O) groups excluding carboxylic acids is 2. The molecule has 0 aliphatic heterocycles. The number of aliphatic hydroxyl groups is 8. The quantitative estimate of drug-likeness (QED) is 0.109. The Morgan fingerprint density at radius 3 is 0.926 bits per heavy atom. The molecule has 0 fully saturated rings. The van der Waals surface area contributed by atoms with E-state index in [0.717, 1.165) is 0 Å². The average Bonchev–Trinajstić information content (AvgIpc) is 2.62. The number of hydrogen-bond donors (Lipinski definition) is 10. The molecular weight excluding hydrogens is 434 g/mol. The number of carboxylic acids is 2. The second-order valence-electron chi connectivity index (χ2n) is 4.78. The molecule has 0 rings (SSSR count). The van der Waals surface area contributed by atoms with Crippen molar-refractivity contribution in [3.05, 3.63) is 0 Å². The average molecular weight is 454 g/mol. The van der Waals surface area contributed by atoms with Crippen LogP contribution in [0.15, 0.2) is 0 Å². The third kappa shape index (κ3) is 10.5. The van der Waals surface area contributed by atoms with E-state index < -0.39 is 60.8 Å². The van der Waals surface area contributed by atoms with Crippen LogP contribution in [-0.2, 0) is 38.7 Å². The molecule has 0 radical (unpaired) electrons. The summed E-state index contributed by atoms with van der Waals surface area (Å²) in [4.78, 5) is 39.9. The van der Waals surface area contributed by atoms with Gasteiger partial charge in [-0.1, -0.05) is 0 Å². The third-order valence-corrected chi connectivity index (χ3v) is 2.83. The van der Waals surface area contributed by atoms with Crippen LogP contribution in [0.3, 0.4) is 0 Å². The van der Waals surface area contributed by atoms with Crippen molar-refractivity contribution >= 4 is 24.5 Å². The van der Waals surface area contributed by atoms with E-state index in [-0.39, 0.29) is 32.1 Å². The first-order chi connectivity index (χ1) is 11.8. The molecule has 0 spiro atoms. The molecule has 0 aromatic carbocycles. The third-order valence-electron chi connectivity index (χ3n) is 2.83. The normalized spacial score (nSPS) is 19.3. The predicted octanol–water partition coefficient (Wildman–Crippen LogP) is -6.58. The summed E-state index contributed by atoms with van der Waals surface area (Å²) < 4.78 is 0. The van der Waals surface area contributed by atoms with Gasteiger partial charge in [0.1, 0.15) is 36.6 Å². The van der Waals surface area contributed by atoms with Gasteiger partial charge in [-0.15, -0.1) is 0 Å². The number of carboxylic acid groups (broad SMARTS) is 2. The summed E-state index contributed by atoms with van der Waals surface area (Å²) in [7, 11) is 0. The van der Waals surface area contributed by atoms with Crippen molar-refractivity contribution in [2.75, 3.05) is 0 Å². The van der Waals surface area contributed by atoms with Gasteiger partial charge in [0.25, 0.3) is 0 Å². The molecular formula is C12H20O14Zn. The first-order valence-electron chi connectivity index (χ1n) is 6.64. The van der Waals surface area contributed by atoms with E-state index in [0.29, 0.717) is 0 Å². The van der Waals surface area contributed by atoms with Gasteiger partial charge in [-0.25, -0.2) is 9.59 Å². The Kier molecular flexibility index (Phi) is 16.4. The molecule has 0 aromatic rings. The van der Waals surface area contributed by atoms with Gasteiger partial charge in [0.05, 0.1) is 0 Å². The Balaban J connectivity index is -0.000000411. The topological polar surface area (TPSA) is 271 Å². The fourth-order valence-electron chi connectivity index (χ4n) is 1.23. The van der Waals surface area contributed by atoms with Crippen molar-refractivity contribution in [1.82, 2.24) is 0 Å². The molecule has 0 aromatic heterocycles. The van der Waals surface area contributed by atoms with E-state index in [1.807, 2.05) is 0 Å². The van der Waals surface area contributed by atoms with Crippen molar-refractivity contribution < 1.29 is 89.7 Å². The van der Waals surface area contributed by atoms with Gasteiger partial charge < -0.3 is 60.7 Å². The molecule has 0 heterocycles. The maximum atomic E-state index is 10.1. The number of aliphatic carboxylic acids is 2. The predicted molar refractivity (Wildman–Crippen MR) is 75.5 cm³/mol. The summed E-state index contributed by atoms with van der Waals surface area (Å²) in [5.41, 5.74) is 0. The van der Waals surface area contributed by atoms with Crippen LogP contribution in [0.2, 0.25) is 0 Å². The van der Waals surface area contributed by atoms with Crippen LogP contribution < -0.4 is 0 Å². The number of hydrogen-bond acceptors (Lipinski definition) is 12. The molecule has 0 unspecified atom stereocenters. The van der Waals surface area contributed by atoms with Crippen molar-refractivity contribution in [1.29, 1.82) is 0 Å². The minimum absolute atomic E-state index is 0. The van der Waals surface area contributed by atoms with Gasteiger partial charge in [-0.2, -0.15) is 0 Å². The van der Waals surface area contributed by atoms with Gasteiger partial charge in [-0.05, 0) is 0 Å². The van der Waals surface area contributed by atoms with Crippen LogP contribution in [0.5, 0.6) is 0 Å². The van der Waals surface area contributed by atoms with Crippen LogP contribution in [-0.4, -0.2) is 124 Å². The number of aldehydes is 2. The zero-order valence-corrected chi connectivity index (χ0v) is 16.6. The maximum Gasteiger partial charge on any atom is 0.335 e. The van der Waals surface area contributed by atoms with Crippen LogP contribution in [0.1, 0.15) is 0 Å². The van der Waals surface area contributed by atoms with Gasteiger partial charge in [0.15, 0.2) is 24.8 Å². The van der Waals surface area contributed by atoms with Gasteiger partial charge in [-0.3, -0.25) is 0 Å². The Hall–Kier alpha value is -1.42. The molecule has 10 N–H and O–H groups in total. The molecule has 0 bridgehead atoms. The van der Waals surface area contributed by atoms with Gasteiger partial charge in [0, 0.05) is 19.5 Å². The number of rotatable bonds is 10. The van der Waals surface area contributed by atoms with E-state index in [4.69, 9.17) is 51.1 Å². The molecule has 0 amide bonds. The fourth-order valence-corrected chi connectivity index (χ4v) is 1.23. The largest absolute Gasteiger partial charge is 0.479 e. The molecule has 27 heavy (non-hydrogen) atoms. The van der Waals surface area contributed by atoms with Crippen LogP contribution in [0, 0.1) is 0 Å². The standard InChI is InChI=1S/2C6H10O7.Zn/c2*7-1-2(8)3(9)4(10)5(11)6(12)13;/h2*1-5,8-11H,(H,12,13);/t2*2-,3-,4-,5-;/m00./s1. The summed E-state index contributed by atoms with van der Waals surface area (Å²) in [5, 5.41) is 86.4. The van der Waals surface area contributed by atoms with E-state index in [2.05, 4.69) is 0 Å². The smallest absolute Gasteiger partial charge is 0.335 e. The van der Waals surface area contributed by atoms with E-state index >= 15 is 0 Å². The molecule has 14 nitrogen and oxygen atoms in total. The minimum atomic E-state index is -2.25. The first-order valence-corrected chi connectivity index (χ1v) is 6.64. The number of carbonyl (C=O) groups is 4. The summed E-state index contributed by atoms with van der Waals surface area (Å²) in [6.45, 7) is 0. The van der Waals surface area contributed by atoms with Crippen molar-refractivity contribution in [2.45, 2.75) is 48.8 Å². The van der Waals surface area contributed by atoms with Crippen LogP contribution in [0.4, 0.5) is 0 Å². The molecule has 0 saturated carbocycles. The van der Waals surface area contributed by atoms with Crippen molar-refractivity contribution in [3.63, 3.8) is 0 Å². The second-order valence-corrected chi connectivity index (χ2v) is 4.78. The summed E-state index contributed by atoms with van der Waals surface area (Å²) >= 11 is 0.